The molecule has 0 aromatic carbocycles. The second kappa shape index (κ2) is 7.38. The molecule has 15 heavy (non-hydrogen) atoms. The zero-order valence-corrected chi connectivity index (χ0v) is 12.0. The Balaban J connectivity index is 4.28. The summed E-state index contributed by atoms with van der Waals surface area (Å²) in [6, 6.07) is 0. The van der Waals surface area contributed by atoms with Crippen LogP contribution in [0.1, 0.15) is 26.2 Å². The predicted octanol–water partition coefficient (Wildman–Crippen LogP) is 3.02. The van der Waals surface area contributed by atoms with Crippen LogP contribution in [0.5, 0.6) is 0 Å². The van der Waals surface area contributed by atoms with Gasteiger partial charge in [0, 0.05) is 14.2 Å². The van der Waals surface area contributed by atoms with E-state index >= 15 is 0 Å². The molecule has 0 aliphatic heterocycles. The minimum absolute atomic E-state index is 0.0756. The van der Waals surface area contributed by atoms with Gasteiger partial charge in [-0.1, -0.05) is 19.8 Å². The van der Waals surface area contributed by atoms with Crippen molar-refractivity contribution in [2.24, 2.45) is 0 Å². The SMILES string of the molecule is CCCCC(O[Si](C)(C)C)C(OC)OC. The highest BCUT2D eigenvalue weighted by molar-refractivity contribution is 6.69. The maximum Gasteiger partial charge on any atom is 0.184 e. The average Bonchev–Trinajstić information content (AvgIpc) is 2.13. The summed E-state index contributed by atoms with van der Waals surface area (Å²) in [6.07, 6.45) is 3.17. The van der Waals surface area contributed by atoms with Gasteiger partial charge in [-0.15, -0.1) is 0 Å². The Morgan fingerprint density at radius 1 is 1.07 bits per heavy atom. The van der Waals surface area contributed by atoms with Gasteiger partial charge in [-0.05, 0) is 26.1 Å². The molecule has 92 valence electrons. The summed E-state index contributed by atoms with van der Waals surface area (Å²) in [7, 11) is 1.81. The minimum atomic E-state index is -1.53. The van der Waals surface area contributed by atoms with Gasteiger partial charge in [0.15, 0.2) is 14.6 Å². The molecule has 1 atom stereocenters. The van der Waals surface area contributed by atoms with Gasteiger partial charge in [-0.3, -0.25) is 0 Å². The Hall–Kier alpha value is 0.0969. The fourth-order valence-corrected chi connectivity index (χ4v) is 2.65. The molecule has 0 fully saturated rings. The summed E-state index contributed by atoms with van der Waals surface area (Å²) in [5, 5.41) is 0. The minimum Gasteiger partial charge on any atom is -0.410 e. The molecule has 1 unspecified atom stereocenters. The van der Waals surface area contributed by atoms with Crippen LogP contribution in [0.2, 0.25) is 19.6 Å². The van der Waals surface area contributed by atoms with E-state index in [1.807, 2.05) is 0 Å². The number of hydrogen-bond acceptors (Lipinski definition) is 3. The lowest BCUT2D eigenvalue weighted by Gasteiger charge is -2.31. The van der Waals surface area contributed by atoms with E-state index in [2.05, 4.69) is 26.6 Å². The zero-order valence-electron chi connectivity index (χ0n) is 11.0. The van der Waals surface area contributed by atoms with E-state index in [1.165, 1.54) is 6.42 Å². The standard InChI is InChI=1S/C11H26O3Si/c1-7-8-9-10(11(12-2)13-3)14-15(4,5)6/h10-11H,7-9H2,1-6H3. The summed E-state index contributed by atoms with van der Waals surface area (Å²) >= 11 is 0. The van der Waals surface area contributed by atoms with Crippen LogP contribution in [-0.2, 0) is 13.9 Å². The van der Waals surface area contributed by atoms with E-state index in [0.29, 0.717) is 0 Å². The van der Waals surface area contributed by atoms with Gasteiger partial charge in [0.2, 0.25) is 0 Å². The lowest BCUT2D eigenvalue weighted by Crippen LogP contribution is -2.40. The number of rotatable bonds is 8. The Kier molecular flexibility index (Phi) is 7.43. The molecule has 0 amide bonds. The summed E-state index contributed by atoms with van der Waals surface area (Å²) in [5.74, 6) is 0. The predicted molar refractivity (Wildman–Crippen MR) is 65.6 cm³/mol. The molecule has 3 nitrogen and oxygen atoms in total. The van der Waals surface area contributed by atoms with Crippen molar-refractivity contribution in [3.63, 3.8) is 0 Å². The molecule has 0 aliphatic carbocycles. The fraction of sp³-hybridized carbons (Fsp3) is 1.00. The first kappa shape index (κ1) is 15.1. The van der Waals surface area contributed by atoms with Gasteiger partial charge in [0.05, 0.1) is 6.10 Å². The van der Waals surface area contributed by atoms with Crippen molar-refractivity contribution in [1.29, 1.82) is 0 Å². The Bertz CT molecular complexity index is 152. The summed E-state index contributed by atoms with van der Waals surface area (Å²) < 4.78 is 16.6. The van der Waals surface area contributed by atoms with Gasteiger partial charge in [-0.2, -0.15) is 0 Å². The Morgan fingerprint density at radius 2 is 1.60 bits per heavy atom. The van der Waals surface area contributed by atoms with E-state index in [4.69, 9.17) is 13.9 Å². The van der Waals surface area contributed by atoms with E-state index in [9.17, 15) is 0 Å². The van der Waals surface area contributed by atoms with Gasteiger partial charge in [-0.25, -0.2) is 0 Å². The molecule has 4 heteroatoms. The molecular formula is C11H26O3Si. The molecule has 0 heterocycles. The van der Waals surface area contributed by atoms with Gasteiger partial charge in [0.1, 0.15) is 0 Å². The summed E-state index contributed by atoms with van der Waals surface area (Å²) in [5.41, 5.74) is 0. The van der Waals surface area contributed by atoms with Gasteiger partial charge < -0.3 is 13.9 Å². The third kappa shape index (κ3) is 7.06. The fourth-order valence-electron chi connectivity index (χ4n) is 1.51. The summed E-state index contributed by atoms with van der Waals surface area (Å²) in [4.78, 5) is 0. The lowest BCUT2D eigenvalue weighted by atomic mass is 10.1. The second-order valence-corrected chi connectivity index (χ2v) is 9.21. The first-order valence-electron chi connectivity index (χ1n) is 5.68. The summed E-state index contributed by atoms with van der Waals surface area (Å²) in [6.45, 7) is 8.75. The van der Waals surface area contributed by atoms with Crippen molar-refractivity contribution in [3.8, 4) is 0 Å². The van der Waals surface area contributed by atoms with Gasteiger partial charge >= 0.3 is 0 Å². The first-order chi connectivity index (χ1) is 6.94. The van der Waals surface area contributed by atoms with Crippen molar-refractivity contribution in [2.75, 3.05) is 14.2 Å². The highest BCUT2D eigenvalue weighted by Gasteiger charge is 2.27. The molecule has 0 saturated heterocycles. The number of unbranched alkanes of at least 4 members (excludes halogenated alkanes) is 1. The molecule has 0 aromatic rings. The van der Waals surface area contributed by atoms with Gasteiger partial charge in [0.25, 0.3) is 0 Å². The average molecular weight is 234 g/mol. The number of hydrogen-bond donors (Lipinski definition) is 0. The molecule has 0 bridgehead atoms. The molecule has 0 aromatic heterocycles. The highest BCUT2D eigenvalue weighted by Crippen LogP contribution is 2.17. The first-order valence-corrected chi connectivity index (χ1v) is 9.08. The van der Waals surface area contributed by atoms with Crippen molar-refractivity contribution in [1.82, 2.24) is 0 Å². The zero-order chi connectivity index (χ0) is 11.9. The van der Waals surface area contributed by atoms with Crippen LogP contribution in [0.4, 0.5) is 0 Å². The monoisotopic (exact) mass is 234 g/mol. The van der Waals surface area contributed by atoms with Crippen molar-refractivity contribution in [3.05, 3.63) is 0 Å². The number of methoxy groups -OCH3 is 2. The van der Waals surface area contributed by atoms with Crippen molar-refractivity contribution < 1.29 is 13.9 Å². The molecule has 0 spiro atoms. The third-order valence-electron chi connectivity index (χ3n) is 2.12. The maximum atomic E-state index is 6.07. The largest absolute Gasteiger partial charge is 0.410 e. The smallest absolute Gasteiger partial charge is 0.184 e. The van der Waals surface area contributed by atoms with Crippen molar-refractivity contribution in [2.45, 2.75) is 58.2 Å². The second-order valence-electron chi connectivity index (χ2n) is 4.75. The van der Waals surface area contributed by atoms with E-state index in [-0.39, 0.29) is 12.4 Å². The molecule has 0 rings (SSSR count). The third-order valence-corrected chi connectivity index (χ3v) is 3.13. The van der Waals surface area contributed by atoms with Crippen LogP contribution in [0.3, 0.4) is 0 Å². The van der Waals surface area contributed by atoms with Crippen molar-refractivity contribution >= 4 is 8.32 Å². The number of ether oxygens (including phenoxy) is 2. The maximum absolute atomic E-state index is 6.07. The molecule has 0 radical (unpaired) electrons. The Morgan fingerprint density at radius 3 is 1.93 bits per heavy atom. The van der Waals surface area contributed by atoms with Crippen LogP contribution in [-0.4, -0.2) is 34.9 Å². The molecule has 0 aliphatic rings. The van der Waals surface area contributed by atoms with Crippen LogP contribution in [0, 0.1) is 0 Å². The van der Waals surface area contributed by atoms with E-state index < -0.39 is 8.32 Å². The quantitative estimate of drug-likeness (QED) is 0.477. The lowest BCUT2D eigenvalue weighted by molar-refractivity contribution is -0.160. The molecule has 0 saturated carbocycles. The molecular weight excluding hydrogens is 208 g/mol. The van der Waals surface area contributed by atoms with Crippen LogP contribution >= 0.6 is 0 Å². The van der Waals surface area contributed by atoms with Crippen LogP contribution in [0.25, 0.3) is 0 Å². The van der Waals surface area contributed by atoms with Crippen LogP contribution < -0.4 is 0 Å². The Labute approximate surface area is 95.2 Å². The van der Waals surface area contributed by atoms with E-state index in [1.54, 1.807) is 14.2 Å². The molecule has 0 N–H and O–H groups in total. The van der Waals surface area contributed by atoms with E-state index in [0.717, 1.165) is 12.8 Å². The van der Waals surface area contributed by atoms with Crippen LogP contribution in [0.15, 0.2) is 0 Å². The highest BCUT2D eigenvalue weighted by atomic mass is 28.4. The topological polar surface area (TPSA) is 27.7 Å². The normalized spacial score (nSPS) is 14.6.